The first-order chi connectivity index (χ1) is 13.0. The number of aliphatic hydroxyl groups excluding tert-OH is 1. The van der Waals surface area contributed by atoms with Gasteiger partial charge in [-0.1, -0.05) is 0 Å². The van der Waals surface area contributed by atoms with Crippen molar-refractivity contribution in [3.8, 4) is 10.6 Å². The summed E-state index contributed by atoms with van der Waals surface area (Å²) >= 11 is 1.65. The minimum Gasteiger partial charge on any atom is -0.478 e. The van der Waals surface area contributed by atoms with E-state index in [1.54, 1.807) is 23.5 Å². The highest BCUT2D eigenvalue weighted by Gasteiger charge is 2.44. The van der Waals surface area contributed by atoms with Crippen molar-refractivity contribution in [2.24, 2.45) is 5.41 Å². The number of hydrogen-bond donors (Lipinski definition) is 3. The summed E-state index contributed by atoms with van der Waals surface area (Å²) in [4.78, 5) is 20.9. The van der Waals surface area contributed by atoms with Crippen molar-refractivity contribution < 1.29 is 15.0 Å². The Kier molecular flexibility index (Phi) is 7.93. The maximum atomic E-state index is 11.8. The molecular formula is C20H27Cl2N3O3S. The van der Waals surface area contributed by atoms with Gasteiger partial charge < -0.3 is 20.4 Å². The average molecular weight is 460 g/mol. The second-order valence-corrected chi connectivity index (χ2v) is 8.94. The fourth-order valence-corrected chi connectivity index (χ4v) is 5.16. The molecule has 0 radical (unpaired) electrons. The molecule has 160 valence electrons. The van der Waals surface area contributed by atoms with E-state index in [-0.39, 0.29) is 41.9 Å². The van der Waals surface area contributed by atoms with Crippen molar-refractivity contribution >= 4 is 47.9 Å². The third kappa shape index (κ3) is 4.70. The number of aliphatic hydroxyl groups is 1. The van der Waals surface area contributed by atoms with Gasteiger partial charge in [-0.15, -0.1) is 36.2 Å². The van der Waals surface area contributed by atoms with Gasteiger partial charge in [0.05, 0.1) is 16.7 Å². The molecule has 1 spiro atoms. The first-order valence-electron chi connectivity index (χ1n) is 9.43. The van der Waals surface area contributed by atoms with Crippen LogP contribution in [0, 0.1) is 12.3 Å². The highest BCUT2D eigenvalue weighted by atomic mass is 35.5. The molecule has 0 aliphatic carbocycles. The van der Waals surface area contributed by atoms with E-state index < -0.39 is 5.97 Å². The standard InChI is InChI=1S/C20H25N3O3S.2ClH/c1-13-3-6-16(27-13)15-5-4-14(19(25)26)18(22-15)23-10-2-8-20(12-23)11-21-9-7-17(20)24;;/h3-6,17,21,24H,2,7-12H2,1H3,(H,25,26);2*1H/t17-,20-;;/m0../s1. The number of nitrogens with one attached hydrogen (secondary N) is 1. The number of carboxylic acids is 1. The number of aryl methyl sites for hydroxylation is 1. The second kappa shape index (κ2) is 9.62. The number of halogens is 2. The quantitative estimate of drug-likeness (QED) is 0.649. The van der Waals surface area contributed by atoms with Gasteiger partial charge in [-0.05, 0) is 57.0 Å². The van der Waals surface area contributed by atoms with Gasteiger partial charge in [0.1, 0.15) is 11.4 Å². The largest absolute Gasteiger partial charge is 0.478 e. The van der Waals surface area contributed by atoms with E-state index >= 15 is 0 Å². The number of pyridine rings is 1. The molecule has 0 bridgehead atoms. The maximum absolute atomic E-state index is 11.8. The Morgan fingerprint density at radius 3 is 2.76 bits per heavy atom. The Hall–Kier alpha value is -1.38. The zero-order chi connectivity index (χ0) is 19.0. The molecule has 4 heterocycles. The van der Waals surface area contributed by atoms with Crippen LogP contribution in [0.25, 0.3) is 10.6 Å². The van der Waals surface area contributed by atoms with Crippen molar-refractivity contribution in [3.63, 3.8) is 0 Å². The van der Waals surface area contributed by atoms with E-state index in [4.69, 9.17) is 4.98 Å². The van der Waals surface area contributed by atoms with E-state index in [0.717, 1.165) is 49.5 Å². The van der Waals surface area contributed by atoms with Crippen LogP contribution in [0.2, 0.25) is 0 Å². The summed E-state index contributed by atoms with van der Waals surface area (Å²) in [7, 11) is 0. The Bertz CT molecular complexity index is 859. The number of carboxylic acid groups (broad SMARTS) is 1. The Morgan fingerprint density at radius 1 is 1.31 bits per heavy atom. The number of carbonyl (C=O) groups is 1. The van der Waals surface area contributed by atoms with Crippen molar-refractivity contribution in [2.45, 2.75) is 32.3 Å². The van der Waals surface area contributed by atoms with Crippen LogP contribution in [0.1, 0.15) is 34.5 Å². The molecule has 29 heavy (non-hydrogen) atoms. The molecule has 2 aliphatic heterocycles. The Balaban J connectivity index is 0.00000150. The van der Waals surface area contributed by atoms with Gasteiger partial charge in [0.2, 0.25) is 0 Å². The molecule has 2 aliphatic rings. The monoisotopic (exact) mass is 459 g/mol. The number of hydrogen-bond acceptors (Lipinski definition) is 6. The number of aromatic carboxylic acids is 1. The highest BCUT2D eigenvalue weighted by Crippen LogP contribution is 2.39. The summed E-state index contributed by atoms with van der Waals surface area (Å²) in [5, 5.41) is 23.8. The van der Waals surface area contributed by atoms with Crippen LogP contribution in [0.4, 0.5) is 5.82 Å². The van der Waals surface area contributed by atoms with E-state index in [1.807, 2.05) is 19.1 Å². The minimum absolute atomic E-state index is 0. The number of piperidine rings is 2. The molecule has 2 aromatic heterocycles. The van der Waals surface area contributed by atoms with Crippen molar-refractivity contribution in [1.29, 1.82) is 0 Å². The Morgan fingerprint density at radius 2 is 2.10 bits per heavy atom. The molecule has 0 amide bonds. The van der Waals surface area contributed by atoms with E-state index in [2.05, 4.69) is 10.2 Å². The molecule has 0 unspecified atom stereocenters. The predicted octanol–water partition coefficient (Wildman–Crippen LogP) is 3.60. The van der Waals surface area contributed by atoms with Gasteiger partial charge in [-0.3, -0.25) is 0 Å². The van der Waals surface area contributed by atoms with Crippen LogP contribution >= 0.6 is 36.2 Å². The lowest BCUT2D eigenvalue weighted by Crippen LogP contribution is -2.58. The third-order valence-electron chi connectivity index (χ3n) is 5.78. The molecule has 2 saturated heterocycles. The fourth-order valence-electron chi connectivity index (χ4n) is 4.32. The third-order valence-corrected chi connectivity index (χ3v) is 6.81. The molecule has 3 N–H and O–H groups in total. The van der Waals surface area contributed by atoms with Gasteiger partial charge in [-0.25, -0.2) is 9.78 Å². The maximum Gasteiger partial charge on any atom is 0.339 e. The summed E-state index contributed by atoms with van der Waals surface area (Å²) in [5.41, 5.74) is 0.793. The molecule has 0 saturated carbocycles. The van der Waals surface area contributed by atoms with Crippen molar-refractivity contribution in [1.82, 2.24) is 10.3 Å². The number of anilines is 1. The molecule has 2 atom stereocenters. The smallest absolute Gasteiger partial charge is 0.339 e. The average Bonchev–Trinajstić information content (AvgIpc) is 3.10. The van der Waals surface area contributed by atoms with E-state index in [0.29, 0.717) is 12.4 Å². The minimum atomic E-state index is -0.964. The summed E-state index contributed by atoms with van der Waals surface area (Å²) < 4.78 is 0. The SMILES string of the molecule is Cc1ccc(-c2ccc(C(=O)O)c(N3CCC[C@]4(CNCC[C@@H]4O)C3)n2)s1.Cl.Cl. The predicted molar refractivity (Wildman–Crippen MR) is 121 cm³/mol. The lowest BCUT2D eigenvalue weighted by molar-refractivity contribution is -0.0102. The first kappa shape index (κ1) is 23.9. The summed E-state index contributed by atoms with van der Waals surface area (Å²) in [5.74, 6) is -0.448. The highest BCUT2D eigenvalue weighted by molar-refractivity contribution is 7.15. The van der Waals surface area contributed by atoms with Gasteiger partial charge in [0, 0.05) is 29.9 Å². The van der Waals surface area contributed by atoms with E-state index in [1.165, 1.54) is 4.88 Å². The Labute approximate surface area is 187 Å². The number of nitrogens with zero attached hydrogens (tertiary/aromatic N) is 2. The lowest BCUT2D eigenvalue weighted by atomic mass is 9.72. The normalized spacial score (nSPS) is 23.9. The van der Waals surface area contributed by atoms with E-state index in [9.17, 15) is 15.0 Å². The van der Waals surface area contributed by atoms with Gasteiger partial charge in [0.25, 0.3) is 0 Å². The molecule has 2 aromatic rings. The molecule has 9 heteroatoms. The van der Waals surface area contributed by atoms with Crippen LogP contribution in [0.5, 0.6) is 0 Å². The zero-order valence-corrected chi connectivity index (χ0v) is 18.7. The van der Waals surface area contributed by atoms with Crippen molar-refractivity contribution in [3.05, 3.63) is 34.7 Å². The summed E-state index contributed by atoms with van der Waals surface area (Å²) in [6.45, 7) is 5.02. The van der Waals surface area contributed by atoms with Crippen molar-refractivity contribution in [2.75, 3.05) is 31.1 Å². The molecule has 0 aromatic carbocycles. The van der Waals surface area contributed by atoms with Crippen LogP contribution in [0.3, 0.4) is 0 Å². The molecule has 4 rings (SSSR count). The summed E-state index contributed by atoms with van der Waals surface area (Å²) in [6.07, 6.45) is 2.24. The number of rotatable bonds is 3. The van der Waals surface area contributed by atoms with Gasteiger partial charge in [0.15, 0.2) is 0 Å². The van der Waals surface area contributed by atoms with Crippen LogP contribution in [0.15, 0.2) is 24.3 Å². The van der Waals surface area contributed by atoms with Crippen LogP contribution < -0.4 is 10.2 Å². The van der Waals surface area contributed by atoms with Gasteiger partial charge >= 0.3 is 5.97 Å². The number of thiophene rings is 1. The first-order valence-corrected chi connectivity index (χ1v) is 10.3. The lowest BCUT2D eigenvalue weighted by Gasteiger charge is -2.48. The molecular weight excluding hydrogens is 433 g/mol. The molecule has 2 fully saturated rings. The fraction of sp³-hybridized carbons (Fsp3) is 0.500. The molecule has 6 nitrogen and oxygen atoms in total. The summed E-state index contributed by atoms with van der Waals surface area (Å²) in [6, 6.07) is 7.52. The van der Waals surface area contributed by atoms with Crippen LogP contribution in [-0.2, 0) is 0 Å². The second-order valence-electron chi connectivity index (χ2n) is 7.65. The van der Waals surface area contributed by atoms with Crippen LogP contribution in [-0.4, -0.2) is 53.4 Å². The topological polar surface area (TPSA) is 85.7 Å². The zero-order valence-electron chi connectivity index (χ0n) is 16.3. The van der Waals surface area contributed by atoms with Gasteiger partial charge in [-0.2, -0.15) is 0 Å². The number of aromatic nitrogens is 1.